The number of benzene rings is 1. The predicted molar refractivity (Wildman–Crippen MR) is 116 cm³/mol. The molecule has 0 bridgehead atoms. The minimum Gasteiger partial charge on any atom is -0.342 e. The van der Waals surface area contributed by atoms with Gasteiger partial charge in [-0.25, -0.2) is 4.98 Å². The Labute approximate surface area is 178 Å². The maximum atomic E-state index is 12.8. The fourth-order valence-corrected chi connectivity index (χ4v) is 5.00. The number of rotatable bonds is 3. The Morgan fingerprint density at radius 2 is 1.81 bits per heavy atom. The van der Waals surface area contributed by atoms with Crippen molar-refractivity contribution in [1.29, 1.82) is 0 Å². The number of aromatic amines is 3. The Bertz CT molecular complexity index is 1250. The summed E-state index contributed by atoms with van der Waals surface area (Å²) in [7, 11) is 0. The molecule has 0 saturated carbocycles. The van der Waals surface area contributed by atoms with Gasteiger partial charge in [0.05, 0.1) is 12.1 Å². The standard InChI is InChI=1S/C23H25N5O3/c1-14-17(22(31)27-26-14)13-18(29)28-11-9-23(10-12-28)8-7-16-19(23)24-20(25-21(16)30)15-5-3-2-4-6-15/h2-6H,7-13H2,1H3,(H,24,25,30)(H2,26,27,31). The summed E-state index contributed by atoms with van der Waals surface area (Å²) in [5, 5.41) is 5.30. The first-order valence-corrected chi connectivity index (χ1v) is 10.7. The van der Waals surface area contributed by atoms with Gasteiger partial charge in [-0.05, 0) is 32.6 Å². The van der Waals surface area contributed by atoms with Crippen LogP contribution in [0.5, 0.6) is 0 Å². The molecule has 2 aliphatic rings. The average molecular weight is 419 g/mol. The first-order chi connectivity index (χ1) is 15.0. The second-order valence-corrected chi connectivity index (χ2v) is 8.63. The summed E-state index contributed by atoms with van der Waals surface area (Å²) >= 11 is 0. The molecule has 3 aromatic rings. The third kappa shape index (κ3) is 3.32. The van der Waals surface area contributed by atoms with Gasteiger partial charge in [-0.2, -0.15) is 0 Å². The Morgan fingerprint density at radius 3 is 2.48 bits per heavy atom. The summed E-state index contributed by atoms with van der Waals surface area (Å²) in [5.74, 6) is 0.566. The highest BCUT2D eigenvalue weighted by atomic mass is 16.2. The third-order valence-electron chi connectivity index (χ3n) is 6.91. The van der Waals surface area contributed by atoms with Crippen LogP contribution >= 0.6 is 0 Å². The molecular weight excluding hydrogens is 394 g/mol. The number of piperidine rings is 1. The van der Waals surface area contributed by atoms with E-state index in [9.17, 15) is 14.4 Å². The van der Waals surface area contributed by atoms with Crippen molar-refractivity contribution in [1.82, 2.24) is 25.1 Å². The van der Waals surface area contributed by atoms with Crippen molar-refractivity contribution in [2.75, 3.05) is 13.1 Å². The lowest BCUT2D eigenvalue weighted by Gasteiger charge is -2.39. The molecule has 160 valence electrons. The minimum atomic E-state index is -0.235. The second kappa shape index (κ2) is 7.37. The van der Waals surface area contributed by atoms with Crippen LogP contribution in [0.3, 0.4) is 0 Å². The van der Waals surface area contributed by atoms with Crippen LogP contribution < -0.4 is 11.1 Å². The zero-order valence-corrected chi connectivity index (χ0v) is 17.5. The molecule has 2 aromatic heterocycles. The van der Waals surface area contributed by atoms with Gasteiger partial charge in [0.15, 0.2) is 0 Å². The summed E-state index contributed by atoms with van der Waals surface area (Å²) in [6, 6.07) is 9.68. The number of amides is 1. The SMILES string of the molecule is Cc1[nH][nH]c(=O)c1CC(=O)N1CCC2(CCc3c2nc(-c2ccccc2)[nH]c3=O)CC1. The van der Waals surface area contributed by atoms with Crippen molar-refractivity contribution >= 4 is 5.91 Å². The summed E-state index contributed by atoms with van der Waals surface area (Å²) in [6.45, 7) is 3.00. The maximum absolute atomic E-state index is 12.8. The van der Waals surface area contributed by atoms with Gasteiger partial charge in [-0.1, -0.05) is 30.3 Å². The van der Waals surface area contributed by atoms with Crippen molar-refractivity contribution in [2.45, 2.75) is 44.4 Å². The molecular formula is C23H25N5O3. The fraction of sp³-hybridized carbons (Fsp3) is 0.391. The molecule has 8 nitrogen and oxygen atoms in total. The van der Waals surface area contributed by atoms with Crippen LogP contribution in [0.4, 0.5) is 0 Å². The van der Waals surface area contributed by atoms with Gasteiger partial charge in [-0.3, -0.25) is 19.5 Å². The van der Waals surface area contributed by atoms with Crippen LogP contribution in [0.2, 0.25) is 0 Å². The van der Waals surface area contributed by atoms with E-state index in [-0.39, 0.29) is 28.9 Å². The molecule has 1 fully saturated rings. The van der Waals surface area contributed by atoms with E-state index < -0.39 is 0 Å². The first-order valence-electron chi connectivity index (χ1n) is 10.7. The van der Waals surface area contributed by atoms with Crippen LogP contribution in [0, 0.1) is 6.92 Å². The zero-order chi connectivity index (χ0) is 21.6. The van der Waals surface area contributed by atoms with Gasteiger partial charge < -0.3 is 15.0 Å². The van der Waals surface area contributed by atoms with E-state index in [0.717, 1.165) is 42.5 Å². The Morgan fingerprint density at radius 1 is 1.06 bits per heavy atom. The van der Waals surface area contributed by atoms with Gasteiger partial charge >= 0.3 is 0 Å². The van der Waals surface area contributed by atoms with Gasteiger partial charge in [0.2, 0.25) is 5.91 Å². The van der Waals surface area contributed by atoms with Gasteiger partial charge in [-0.15, -0.1) is 0 Å². The van der Waals surface area contributed by atoms with Crippen LogP contribution in [0.15, 0.2) is 39.9 Å². The largest absolute Gasteiger partial charge is 0.342 e. The molecule has 3 N–H and O–H groups in total. The van der Waals surface area contributed by atoms with E-state index in [1.54, 1.807) is 6.92 Å². The molecule has 1 aliphatic heterocycles. The molecule has 1 saturated heterocycles. The van der Waals surface area contributed by atoms with Crippen LogP contribution in [-0.4, -0.2) is 44.1 Å². The van der Waals surface area contributed by atoms with E-state index in [1.807, 2.05) is 35.2 Å². The predicted octanol–water partition coefficient (Wildman–Crippen LogP) is 1.81. The number of nitrogens with one attached hydrogen (secondary N) is 3. The van der Waals surface area contributed by atoms with Gasteiger partial charge in [0, 0.05) is 40.9 Å². The number of H-pyrrole nitrogens is 3. The molecule has 0 atom stereocenters. The van der Waals surface area contributed by atoms with E-state index in [1.165, 1.54) is 0 Å². The highest BCUT2D eigenvalue weighted by Crippen LogP contribution is 2.44. The summed E-state index contributed by atoms with van der Waals surface area (Å²) < 4.78 is 0. The zero-order valence-electron chi connectivity index (χ0n) is 17.5. The molecule has 1 amide bonds. The number of hydrogen-bond acceptors (Lipinski definition) is 4. The topological polar surface area (TPSA) is 115 Å². The lowest BCUT2D eigenvalue weighted by molar-refractivity contribution is -0.132. The number of aromatic nitrogens is 4. The third-order valence-corrected chi connectivity index (χ3v) is 6.91. The Kier molecular flexibility index (Phi) is 4.64. The van der Waals surface area contributed by atoms with Crippen LogP contribution in [0.1, 0.15) is 41.8 Å². The molecule has 3 heterocycles. The fourth-order valence-electron chi connectivity index (χ4n) is 5.00. The lowest BCUT2D eigenvalue weighted by atomic mass is 9.76. The van der Waals surface area contributed by atoms with E-state index >= 15 is 0 Å². The average Bonchev–Trinajstić information content (AvgIpc) is 3.30. The Hall–Kier alpha value is -3.42. The van der Waals surface area contributed by atoms with Crippen molar-refractivity contribution in [3.63, 3.8) is 0 Å². The van der Waals surface area contributed by atoms with Crippen molar-refractivity contribution in [3.8, 4) is 11.4 Å². The monoisotopic (exact) mass is 419 g/mol. The molecule has 8 heteroatoms. The number of aryl methyl sites for hydroxylation is 1. The number of likely N-dealkylation sites (tertiary alicyclic amines) is 1. The highest BCUT2D eigenvalue weighted by molar-refractivity contribution is 5.79. The summed E-state index contributed by atoms with van der Waals surface area (Å²) in [6.07, 6.45) is 3.26. The Balaban J connectivity index is 1.37. The number of carbonyl (C=O) groups is 1. The van der Waals surface area contributed by atoms with Crippen LogP contribution in [-0.2, 0) is 23.1 Å². The number of carbonyl (C=O) groups excluding carboxylic acids is 1. The first kappa shape index (κ1) is 19.5. The smallest absolute Gasteiger partial charge is 0.267 e. The molecule has 5 rings (SSSR count). The van der Waals surface area contributed by atoms with Gasteiger partial charge in [0.25, 0.3) is 11.1 Å². The molecule has 0 radical (unpaired) electrons. The molecule has 0 unspecified atom stereocenters. The molecule has 1 aliphatic carbocycles. The lowest BCUT2D eigenvalue weighted by Crippen LogP contribution is -2.45. The minimum absolute atomic E-state index is 0.0369. The summed E-state index contributed by atoms with van der Waals surface area (Å²) in [5.41, 5.74) is 3.33. The number of nitrogens with zero attached hydrogens (tertiary/aromatic N) is 2. The quantitative estimate of drug-likeness (QED) is 0.601. The number of hydrogen-bond donors (Lipinski definition) is 3. The maximum Gasteiger partial charge on any atom is 0.267 e. The molecule has 31 heavy (non-hydrogen) atoms. The van der Waals surface area contributed by atoms with Crippen molar-refractivity contribution in [2.24, 2.45) is 0 Å². The van der Waals surface area contributed by atoms with E-state index in [4.69, 9.17) is 4.98 Å². The highest BCUT2D eigenvalue weighted by Gasteiger charge is 2.44. The normalized spacial score (nSPS) is 17.1. The van der Waals surface area contributed by atoms with Gasteiger partial charge in [0.1, 0.15) is 5.82 Å². The van der Waals surface area contributed by atoms with Crippen molar-refractivity contribution in [3.05, 3.63) is 73.6 Å². The summed E-state index contributed by atoms with van der Waals surface area (Å²) in [4.78, 5) is 47.1. The second-order valence-electron chi connectivity index (χ2n) is 8.63. The molecule has 1 spiro atoms. The van der Waals surface area contributed by atoms with Crippen molar-refractivity contribution < 1.29 is 4.79 Å². The van der Waals surface area contributed by atoms with Crippen LogP contribution in [0.25, 0.3) is 11.4 Å². The van der Waals surface area contributed by atoms with E-state index in [2.05, 4.69) is 15.2 Å². The number of fused-ring (bicyclic) bond motifs is 2. The van der Waals surface area contributed by atoms with E-state index in [0.29, 0.717) is 30.2 Å². The molecule has 1 aromatic carbocycles.